The number of hydrogen-bond donors (Lipinski definition) is 1. The maximum atomic E-state index is 13.4. The van der Waals surface area contributed by atoms with Crippen LogP contribution in [-0.2, 0) is 16.0 Å². The summed E-state index contributed by atoms with van der Waals surface area (Å²) in [6.45, 7) is -0.292. The highest BCUT2D eigenvalue weighted by Gasteiger charge is 2.19. The summed E-state index contributed by atoms with van der Waals surface area (Å²) in [6.07, 6.45) is 0.568. The lowest BCUT2D eigenvalue weighted by atomic mass is 10.1. The summed E-state index contributed by atoms with van der Waals surface area (Å²) < 4.78 is 31.4. The lowest BCUT2D eigenvalue weighted by molar-refractivity contribution is -0.124. The molecule has 0 saturated carbocycles. The first-order valence-electron chi connectivity index (χ1n) is 7.09. The van der Waals surface area contributed by atoms with Crippen LogP contribution < -0.4 is 5.32 Å². The third-order valence-electron chi connectivity index (χ3n) is 3.15. The number of halogens is 3. The van der Waals surface area contributed by atoms with E-state index in [0.717, 1.165) is 23.8 Å². The van der Waals surface area contributed by atoms with Crippen molar-refractivity contribution in [3.8, 4) is 0 Å². The molecule has 0 aliphatic carbocycles. The average Bonchev–Trinajstić information content (AvgIpc) is 2.54. The lowest BCUT2D eigenvalue weighted by Gasteiger charge is -2.08. The fourth-order valence-corrected chi connectivity index (χ4v) is 2.07. The summed E-state index contributed by atoms with van der Waals surface area (Å²) in [5, 5.41) is 3.17. The molecule has 2 aromatic rings. The second kappa shape index (κ2) is 8.40. The molecule has 0 saturated heterocycles. The van der Waals surface area contributed by atoms with Gasteiger partial charge < -0.3 is 10.1 Å². The molecule has 126 valence electrons. The zero-order valence-electron chi connectivity index (χ0n) is 12.5. The van der Waals surface area contributed by atoms with E-state index in [1.165, 1.54) is 0 Å². The summed E-state index contributed by atoms with van der Waals surface area (Å²) in [5.41, 5.74) is 0.164. The third kappa shape index (κ3) is 5.03. The van der Waals surface area contributed by atoms with Crippen molar-refractivity contribution < 1.29 is 23.1 Å². The molecule has 2 rings (SSSR count). The number of amides is 1. The van der Waals surface area contributed by atoms with Crippen LogP contribution in [0.2, 0.25) is 5.02 Å². The van der Waals surface area contributed by atoms with Crippen LogP contribution in [0.25, 0.3) is 0 Å². The second-order valence-electron chi connectivity index (χ2n) is 4.90. The van der Waals surface area contributed by atoms with Gasteiger partial charge >= 0.3 is 5.97 Å². The Kier molecular flexibility index (Phi) is 6.26. The van der Waals surface area contributed by atoms with Crippen LogP contribution in [0, 0.1) is 11.6 Å². The first kappa shape index (κ1) is 17.9. The molecule has 0 atom stereocenters. The predicted octanol–water partition coefficient (Wildman–Crippen LogP) is 3.13. The Morgan fingerprint density at radius 2 is 1.67 bits per heavy atom. The van der Waals surface area contributed by atoms with Crippen LogP contribution in [0.4, 0.5) is 8.78 Å². The van der Waals surface area contributed by atoms with E-state index in [0.29, 0.717) is 18.0 Å². The van der Waals surface area contributed by atoms with Gasteiger partial charge in [0.05, 0.1) is 0 Å². The first-order valence-corrected chi connectivity index (χ1v) is 7.47. The molecule has 24 heavy (non-hydrogen) atoms. The van der Waals surface area contributed by atoms with E-state index in [9.17, 15) is 18.4 Å². The van der Waals surface area contributed by atoms with Gasteiger partial charge in [-0.25, -0.2) is 13.6 Å². The van der Waals surface area contributed by atoms with Crippen molar-refractivity contribution >= 4 is 23.5 Å². The normalized spacial score (nSPS) is 10.3. The third-order valence-corrected chi connectivity index (χ3v) is 3.40. The van der Waals surface area contributed by atoms with Crippen LogP contribution in [0.5, 0.6) is 0 Å². The van der Waals surface area contributed by atoms with Crippen LogP contribution in [0.15, 0.2) is 42.5 Å². The summed E-state index contributed by atoms with van der Waals surface area (Å²) in [5.74, 6) is -3.86. The highest BCUT2D eigenvalue weighted by Crippen LogP contribution is 2.13. The van der Waals surface area contributed by atoms with Crippen molar-refractivity contribution in [3.05, 3.63) is 70.2 Å². The molecule has 0 spiro atoms. The number of nitrogens with one attached hydrogen (secondary N) is 1. The molecule has 7 heteroatoms. The van der Waals surface area contributed by atoms with Gasteiger partial charge in [0.1, 0.15) is 17.2 Å². The van der Waals surface area contributed by atoms with Gasteiger partial charge in [-0.15, -0.1) is 0 Å². The Labute approximate surface area is 142 Å². The molecule has 0 bridgehead atoms. The Balaban J connectivity index is 1.76. The minimum absolute atomic E-state index is 0.325. The Morgan fingerprint density at radius 3 is 2.29 bits per heavy atom. The van der Waals surface area contributed by atoms with Gasteiger partial charge in [0.25, 0.3) is 5.91 Å². The van der Waals surface area contributed by atoms with Crippen LogP contribution >= 0.6 is 11.6 Å². The molecule has 2 aromatic carbocycles. The number of carbonyl (C=O) groups excluding carboxylic acids is 2. The number of benzene rings is 2. The highest BCUT2D eigenvalue weighted by atomic mass is 35.5. The van der Waals surface area contributed by atoms with Crippen LogP contribution in [0.3, 0.4) is 0 Å². The molecule has 0 aliphatic rings. The van der Waals surface area contributed by atoms with E-state index in [1.54, 1.807) is 12.1 Å². The van der Waals surface area contributed by atoms with Gasteiger partial charge in [-0.1, -0.05) is 29.8 Å². The van der Waals surface area contributed by atoms with E-state index in [1.807, 2.05) is 12.1 Å². The molecule has 4 nitrogen and oxygen atoms in total. The van der Waals surface area contributed by atoms with Gasteiger partial charge in [-0.3, -0.25) is 4.79 Å². The fourth-order valence-electron chi connectivity index (χ4n) is 1.94. The number of esters is 1. The van der Waals surface area contributed by atoms with Crippen molar-refractivity contribution in [2.45, 2.75) is 6.42 Å². The van der Waals surface area contributed by atoms with E-state index < -0.39 is 35.7 Å². The largest absolute Gasteiger partial charge is 0.452 e. The Morgan fingerprint density at radius 1 is 1.04 bits per heavy atom. The first-order chi connectivity index (χ1) is 11.5. The topological polar surface area (TPSA) is 55.4 Å². The number of hydrogen-bond acceptors (Lipinski definition) is 3. The maximum Gasteiger partial charge on any atom is 0.344 e. The molecule has 1 N–H and O–H groups in total. The van der Waals surface area contributed by atoms with Crippen molar-refractivity contribution in [2.75, 3.05) is 13.2 Å². The molecule has 0 heterocycles. The van der Waals surface area contributed by atoms with Gasteiger partial charge in [-0.2, -0.15) is 0 Å². The predicted molar refractivity (Wildman–Crippen MR) is 84.8 cm³/mol. The highest BCUT2D eigenvalue weighted by molar-refractivity contribution is 6.30. The SMILES string of the molecule is O=C(COC(=O)c1c(F)cccc1F)NCCc1ccc(Cl)cc1. The number of carbonyl (C=O) groups is 2. The summed E-state index contributed by atoms with van der Waals surface area (Å²) in [4.78, 5) is 23.2. The Bertz CT molecular complexity index is 715. The van der Waals surface area contributed by atoms with Crippen LogP contribution in [-0.4, -0.2) is 25.0 Å². The van der Waals surface area contributed by atoms with E-state index in [4.69, 9.17) is 11.6 Å². The quantitative estimate of drug-likeness (QED) is 0.812. The van der Waals surface area contributed by atoms with Crippen molar-refractivity contribution in [1.29, 1.82) is 0 Å². The molecule has 0 aliphatic heterocycles. The molecular formula is C17H14ClF2NO3. The van der Waals surface area contributed by atoms with E-state index in [-0.39, 0.29) is 0 Å². The monoisotopic (exact) mass is 353 g/mol. The van der Waals surface area contributed by atoms with Crippen molar-refractivity contribution in [3.63, 3.8) is 0 Å². The minimum Gasteiger partial charge on any atom is -0.452 e. The van der Waals surface area contributed by atoms with Gasteiger partial charge in [0, 0.05) is 11.6 Å². The molecule has 0 aromatic heterocycles. The zero-order valence-corrected chi connectivity index (χ0v) is 13.3. The second-order valence-corrected chi connectivity index (χ2v) is 5.34. The summed E-state index contributed by atoms with van der Waals surface area (Å²) >= 11 is 5.77. The molecule has 0 unspecified atom stereocenters. The van der Waals surface area contributed by atoms with Gasteiger partial charge in [0.2, 0.25) is 0 Å². The number of ether oxygens (including phenoxy) is 1. The van der Waals surface area contributed by atoms with Gasteiger partial charge in [-0.05, 0) is 36.2 Å². The van der Waals surface area contributed by atoms with Gasteiger partial charge in [0.15, 0.2) is 6.61 Å². The van der Waals surface area contributed by atoms with Crippen molar-refractivity contribution in [1.82, 2.24) is 5.32 Å². The molecule has 1 amide bonds. The fraction of sp³-hybridized carbons (Fsp3) is 0.176. The maximum absolute atomic E-state index is 13.4. The van der Waals surface area contributed by atoms with E-state index in [2.05, 4.69) is 10.1 Å². The van der Waals surface area contributed by atoms with E-state index >= 15 is 0 Å². The van der Waals surface area contributed by atoms with Crippen LogP contribution in [0.1, 0.15) is 15.9 Å². The molecular weight excluding hydrogens is 340 g/mol. The number of rotatable bonds is 6. The smallest absolute Gasteiger partial charge is 0.344 e. The van der Waals surface area contributed by atoms with Crippen molar-refractivity contribution in [2.24, 2.45) is 0 Å². The Hall–Kier alpha value is -2.47. The average molecular weight is 354 g/mol. The summed E-state index contributed by atoms with van der Waals surface area (Å²) in [6, 6.07) is 10.1. The summed E-state index contributed by atoms with van der Waals surface area (Å²) in [7, 11) is 0. The molecule has 0 radical (unpaired) electrons. The molecule has 0 fully saturated rings. The standard InChI is InChI=1S/C17H14ClF2NO3/c18-12-6-4-11(5-7-12)8-9-21-15(22)10-24-17(23)16-13(19)2-1-3-14(16)20/h1-7H,8-10H2,(H,21,22). The minimum atomic E-state index is -1.22. The lowest BCUT2D eigenvalue weighted by Crippen LogP contribution is -2.30. The zero-order chi connectivity index (χ0) is 17.5.